The summed E-state index contributed by atoms with van der Waals surface area (Å²) in [7, 11) is 0. The topological polar surface area (TPSA) is 29.1 Å². The van der Waals surface area contributed by atoms with Crippen LogP contribution in [0.2, 0.25) is 5.02 Å². The maximum absolute atomic E-state index is 13.3. The molecule has 0 aromatic heterocycles. The molecular formula is C11H12BrClFNO. The molecule has 0 aliphatic rings. The Morgan fingerprint density at radius 1 is 1.62 bits per heavy atom. The first-order valence-electron chi connectivity index (χ1n) is 4.90. The van der Waals surface area contributed by atoms with Crippen LogP contribution in [0.5, 0.6) is 0 Å². The van der Waals surface area contributed by atoms with Crippen LogP contribution in [-0.4, -0.2) is 17.3 Å². The predicted molar refractivity (Wildman–Crippen MR) is 66.7 cm³/mol. The summed E-state index contributed by atoms with van der Waals surface area (Å²) in [5, 5.41) is 3.70. The van der Waals surface area contributed by atoms with Crippen molar-refractivity contribution in [1.82, 2.24) is 5.32 Å². The first-order valence-corrected chi connectivity index (χ1v) is 6.40. The Labute approximate surface area is 107 Å². The molecule has 5 heteroatoms. The molecular weight excluding hydrogens is 296 g/mol. The quantitative estimate of drug-likeness (QED) is 0.849. The second kappa shape index (κ2) is 6.21. The molecule has 0 spiro atoms. The van der Waals surface area contributed by atoms with E-state index in [-0.39, 0.29) is 11.6 Å². The van der Waals surface area contributed by atoms with Crippen LogP contribution in [-0.2, 0) is 0 Å². The summed E-state index contributed by atoms with van der Waals surface area (Å²) in [6.45, 7) is 1.94. The molecule has 2 nitrogen and oxygen atoms in total. The molecule has 0 aliphatic carbocycles. The Morgan fingerprint density at radius 2 is 2.31 bits per heavy atom. The van der Waals surface area contributed by atoms with Gasteiger partial charge in [0.1, 0.15) is 5.82 Å². The lowest BCUT2D eigenvalue weighted by molar-refractivity contribution is 0.0936. The van der Waals surface area contributed by atoms with E-state index >= 15 is 0 Å². The van der Waals surface area contributed by atoms with E-state index in [0.717, 1.165) is 6.42 Å². The summed E-state index contributed by atoms with van der Waals surface area (Å²) < 4.78 is 13.3. The molecule has 1 atom stereocenters. The predicted octanol–water partition coefficient (Wildman–Crippen LogP) is 3.38. The lowest BCUT2D eigenvalue weighted by Crippen LogP contribution is -2.35. The molecule has 1 amide bonds. The van der Waals surface area contributed by atoms with Crippen molar-refractivity contribution in [2.24, 2.45) is 0 Å². The summed E-state index contributed by atoms with van der Waals surface area (Å²) >= 11 is 8.98. The molecule has 1 aromatic carbocycles. The zero-order valence-electron chi connectivity index (χ0n) is 8.77. The monoisotopic (exact) mass is 307 g/mol. The van der Waals surface area contributed by atoms with Gasteiger partial charge in [-0.3, -0.25) is 4.79 Å². The van der Waals surface area contributed by atoms with Gasteiger partial charge in [-0.15, -0.1) is 0 Å². The molecule has 1 unspecified atom stereocenters. The van der Waals surface area contributed by atoms with Gasteiger partial charge in [0.2, 0.25) is 0 Å². The van der Waals surface area contributed by atoms with Gasteiger partial charge in [-0.2, -0.15) is 0 Å². The minimum Gasteiger partial charge on any atom is -0.348 e. The van der Waals surface area contributed by atoms with E-state index in [0.29, 0.717) is 10.4 Å². The first kappa shape index (κ1) is 13.5. The average Bonchev–Trinajstić information content (AvgIpc) is 2.28. The van der Waals surface area contributed by atoms with Crippen LogP contribution < -0.4 is 5.32 Å². The molecule has 16 heavy (non-hydrogen) atoms. The van der Waals surface area contributed by atoms with Gasteiger partial charge in [-0.1, -0.05) is 34.5 Å². The summed E-state index contributed by atoms with van der Waals surface area (Å²) in [5.41, 5.74) is -0.0214. The second-order valence-electron chi connectivity index (χ2n) is 3.36. The third-order valence-electron chi connectivity index (χ3n) is 2.19. The third kappa shape index (κ3) is 3.46. The third-order valence-corrected chi connectivity index (χ3v) is 3.20. The van der Waals surface area contributed by atoms with E-state index < -0.39 is 11.7 Å². The zero-order chi connectivity index (χ0) is 12.1. The van der Waals surface area contributed by atoms with Crippen LogP contribution in [0.25, 0.3) is 0 Å². The summed E-state index contributed by atoms with van der Waals surface area (Å²) in [5.74, 6) is -1.00. The van der Waals surface area contributed by atoms with Gasteiger partial charge in [-0.25, -0.2) is 4.39 Å². The number of hydrogen-bond donors (Lipinski definition) is 1. The molecule has 88 valence electrons. The maximum atomic E-state index is 13.3. The Morgan fingerprint density at radius 3 is 2.88 bits per heavy atom. The molecule has 1 rings (SSSR count). The highest BCUT2D eigenvalue weighted by Gasteiger charge is 2.15. The highest BCUT2D eigenvalue weighted by atomic mass is 79.9. The Bertz CT molecular complexity index is 382. The summed E-state index contributed by atoms with van der Waals surface area (Å²) in [4.78, 5) is 11.7. The number of nitrogens with one attached hydrogen (secondary N) is 1. The van der Waals surface area contributed by atoms with Crippen LogP contribution in [0.3, 0.4) is 0 Å². The highest BCUT2D eigenvalue weighted by Crippen LogP contribution is 2.15. The van der Waals surface area contributed by atoms with Crippen LogP contribution >= 0.6 is 27.5 Å². The minimum absolute atomic E-state index is 0.00844. The lowest BCUT2D eigenvalue weighted by Gasteiger charge is -2.14. The number of amides is 1. The minimum atomic E-state index is -0.564. The normalized spacial score (nSPS) is 12.2. The van der Waals surface area contributed by atoms with Crippen LogP contribution in [0.15, 0.2) is 18.2 Å². The van der Waals surface area contributed by atoms with E-state index in [1.54, 1.807) is 0 Å². The standard InChI is InChI=1S/C11H12BrClFNO/c1-2-8(6-12)15-11(16)9-5-7(13)3-4-10(9)14/h3-5,8H,2,6H2,1H3,(H,15,16). The van der Waals surface area contributed by atoms with E-state index in [1.165, 1.54) is 18.2 Å². The van der Waals surface area contributed by atoms with E-state index in [1.807, 2.05) is 6.92 Å². The molecule has 0 bridgehead atoms. The van der Waals surface area contributed by atoms with Crippen molar-refractivity contribution in [3.8, 4) is 0 Å². The number of alkyl halides is 1. The fourth-order valence-electron chi connectivity index (χ4n) is 1.18. The van der Waals surface area contributed by atoms with Gasteiger partial charge in [-0.05, 0) is 24.6 Å². The van der Waals surface area contributed by atoms with Crippen LogP contribution in [0, 0.1) is 5.82 Å². The summed E-state index contributed by atoms with van der Waals surface area (Å²) in [6.07, 6.45) is 0.777. The van der Waals surface area contributed by atoms with Crippen LogP contribution in [0.4, 0.5) is 4.39 Å². The number of hydrogen-bond acceptors (Lipinski definition) is 1. The van der Waals surface area contributed by atoms with E-state index in [2.05, 4.69) is 21.2 Å². The van der Waals surface area contributed by atoms with Gasteiger partial charge in [0.05, 0.1) is 5.56 Å². The van der Waals surface area contributed by atoms with Gasteiger partial charge >= 0.3 is 0 Å². The van der Waals surface area contributed by atoms with E-state index in [4.69, 9.17) is 11.6 Å². The van der Waals surface area contributed by atoms with Crippen molar-refractivity contribution in [2.75, 3.05) is 5.33 Å². The number of carbonyl (C=O) groups excluding carboxylic acids is 1. The Hall–Kier alpha value is -0.610. The number of benzene rings is 1. The number of carbonyl (C=O) groups is 1. The molecule has 0 fully saturated rings. The van der Waals surface area contributed by atoms with Crippen molar-refractivity contribution >= 4 is 33.4 Å². The smallest absolute Gasteiger partial charge is 0.254 e. The zero-order valence-corrected chi connectivity index (χ0v) is 11.1. The number of halogens is 3. The Balaban J connectivity index is 2.83. The van der Waals surface area contributed by atoms with E-state index in [9.17, 15) is 9.18 Å². The lowest BCUT2D eigenvalue weighted by atomic mass is 10.1. The fraction of sp³-hybridized carbons (Fsp3) is 0.364. The maximum Gasteiger partial charge on any atom is 0.254 e. The van der Waals surface area contributed by atoms with Crippen molar-refractivity contribution in [3.05, 3.63) is 34.6 Å². The summed E-state index contributed by atoms with van der Waals surface area (Å²) in [6, 6.07) is 3.92. The molecule has 0 saturated heterocycles. The highest BCUT2D eigenvalue weighted by molar-refractivity contribution is 9.09. The van der Waals surface area contributed by atoms with Crippen molar-refractivity contribution in [3.63, 3.8) is 0 Å². The van der Waals surface area contributed by atoms with Crippen molar-refractivity contribution < 1.29 is 9.18 Å². The molecule has 1 aromatic rings. The SMILES string of the molecule is CCC(CBr)NC(=O)c1cc(Cl)ccc1F. The number of rotatable bonds is 4. The van der Waals surface area contributed by atoms with Gasteiger partial charge < -0.3 is 5.32 Å². The fourth-order valence-corrected chi connectivity index (χ4v) is 1.98. The Kier molecular flexibility index (Phi) is 5.22. The van der Waals surface area contributed by atoms with Gasteiger partial charge in [0.25, 0.3) is 5.91 Å². The van der Waals surface area contributed by atoms with Gasteiger partial charge in [0.15, 0.2) is 0 Å². The van der Waals surface area contributed by atoms with Crippen molar-refractivity contribution in [1.29, 1.82) is 0 Å². The van der Waals surface area contributed by atoms with Crippen molar-refractivity contribution in [2.45, 2.75) is 19.4 Å². The first-order chi connectivity index (χ1) is 7.58. The molecule has 0 heterocycles. The van der Waals surface area contributed by atoms with Crippen LogP contribution in [0.1, 0.15) is 23.7 Å². The molecule has 0 radical (unpaired) electrons. The molecule has 0 saturated carbocycles. The molecule has 0 aliphatic heterocycles. The average molecular weight is 309 g/mol. The largest absolute Gasteiger partial charge is 0.348 e. The van der Waals surface area contributed by atoms with Gasteiger partial charge in [0, 0.05) is 16.4 Å². The second-order valence-corrected chi connectivity index (χ2v) is 4.44. The molecule has 1 N–H and O–H groups in total.